The molecule has 1 saturated carbocycles. The third-order valence-corrected chi connectivity index (χ3v) is 3.51. The first kappa shape index (κ1) is 13.0. The number of rotatable bonds is 6. The van der Waals surface area contributed by atoms with Crippen LogP contribution < -0.4 is 0 Å². The molecule has 2 nitrogen and oxygen atoms in total. The third-order valence-electron chi connectivity index (χ3n) is 3.51. The van der Waals surface area contributed by atoms with Crippen molar-refractivity contribution in [3.8, 4) is 0 Å². The van der Waals surface area contributed by atoms with Crippen molar-refractivity contribution in [2.24, 2.45) is 11.8 Å². The average molecular weight is 214 g/mol. The van der Waals surface area contributed by atoms with Crippen LogP contribution in [0.3, 0.4) is 0 Å². The normalized spacial score (nSPS) is 29.0. The Hall–Kier alpha value is -0.0800. The molecular formula is C13H26O2. The van der Waals surface area contributed by atoms with Gasteiger partial charge in [-0.05, 0) is 37.5 Å². The van der Waals surface area contributed by atoms with Crippen LogP contribution in [-0.4, -0.2) is 24.4 Å². The van der Waals surface area contributed by atoms with Crippen molar-refractivity contribution in [2.45, 2.75) is 58.5 Å². The van der Waals surface area contributed by atoms with Crippen molar-refractivity contribution in [3.05, 3.63) is 0 Å². The Labute approximate surface area is 94.0 Å². The second-order valence-corrected chi connectivity index (χ2v) is 4.99. The summed E-state index contributed by atoms with van der Waals surface area (Å²) >= 11 is 0. The van der Waals surface area contributed by atoms with Crippen LogP contribution >= 0.6 is 0 Å². The minimum Gasteiger partial charge on any atom is -0.393 e. The highest BCUT2D eigenvalue weighted by atomic mass is 16.5. The van der Waals surface area contributed by atoms with Gasteiger partial charge in [-0.15, -0.1) is 0 Å². The zero-order valence-corrected chi connectivity index (χ0v) is 10.2. The van der Waals surface area contributed by atoms with Crippen LogP contribution in [0.25, 0.3) is 0 Å². The average Bonchev–Trinajstić information content (AvgIpc) is 2.25. The Morgan fingerprint density at radius 2 is 1.87 bits per heavy atom. The fourth-order valence-corrected chi connectivity index (χ4v) is 2.36. The van der Waals surface area contributed by atoms with Gasteiger partial charge in [0.1, 0.15) is 0 Å². The molecule has 0 radical (unpaired) electrons. The maximum absolute atomic E-state index is 9.98. The molecule has 1 N–H and O–H groups in total. The summed E-state index contributed by atoms with van der Waals surface area (Å²) in [6, 6.07) is 0. The smallest absolute Gasteiger partial charge is 0.0590 e. The predicted octanol–water partition coefficient (Wildman–Crippen LogP) is 2.99. The lowest BCUT2D eigenvalue weighted by atomic mass is 9.79. The summed E-state index contributed by atoms with van der Waals surface area (Å²) in [7, 11) is 0. The molecule has 0 spiro atoms. The molecule has 1 fully saturated rings. The standard InChI is InChI=1S/C13H26O2/c1-3-9-15-10-8-13(14)12-6-4-11(2)5-7-12/h11-14H,3-10H2,1-2H3. The van der Waals surface area contributed by atoms with Gasteiger partial charge in [0, 0.05) is 13.2 Å². The maximum atomic E-state index is 9.98. The first-order valence-corrected chi connectivity index (χ1v) is 6.49. The minimum atomic E-state index is -0.130. The Bertz CT molecular complexity index is 151. The highest BCUT2D eigenvalue weighted by Gasteiger charge is 2.24. The van der Waals surface area contributed by atoms with Gasteiger partial charge in [0.15, 0.2) is 0 Å². The van der Waals surface area contributed by atoms with Gasteiger partial charge in [-0.25, -0.2) is 0 Å². The lowest BCUT2D eigenvalue weighted by molar-refractivity contribution is 0.0342. The number of hydrogen-bond acceptors (Lipinski definition) is 2. The van der Waals surface area contributed by atoms with E-state index in [0.717, 1.165) is 32.0 Å². The van der Waals surface area contributed by atoms with Gasteiger partial charge in [-0.2, -0.15) is 0 Å². The SMILES string of the molecule is CCCOCCC(O)C1CCC(C)CC1. The van der Waals surface area contributed by atoms with Gasteiger partial charge in [-0.1, -0.05) is 26.7 Å². The monoisotopic (exact) mass is 214 g/mol. The molecule has 1 aliphatic rings. The molecule has 0 aliphatic heterocycles. The molecular weight excluding hydrogens is 188 g/mol. The van der Waals surface area contributed by atoms with Gasteiger partial charge in [0.25, 0.3) is 0 Å². The first-order valence-electron chi connectivity index (χ1n) is 6.49. The first-order chi connectivity index (χ1) is 7.24. The fourth-order valence-electron chi connectivity index (χ4n) is 2.36. The van der Waals surface area contributed by atoms with E-state index < -0.39 is 0 Å². The van der Waals surface area contributed by atoms with Gasteiger partial charge in [0.2, 0.25) is 0 Å². The number of ether oxygens (including phenoxy) is 1. The highest BCUT2D eigenvalue weighted by Crippen LogP contribution is 2.31. The van der Waals surface area contributed by atoms with Crippen LogP contribution in [0.4, 0.5) is 0 Å². The molecule has 0 heterocycles. The van der Waals surface area contributed by atoms with E-state index in [2.05, 4.69) is 13.8 Å². The zero-order chi connectivity index (χ0) is 11.1. The second kappa shape index (κ2) is 7.24. The van der Waals surface area contributed by atoms with Crippen LogP contribution in [-0.2, 0) is 4.74 Å². The molecule has 1 atom stereocenters. The van der Waals surface area contributed by atoms with Crippen molar-refractivity contribution in [1.29, 1.82) is 0 Å². The number of aliphatic hydroxyl groups is 1. The summed E-state index contributed by atoms with van der Waals surface area (Å²) in [5.41, 5.74) is 0. The summed E-state index contributed by atoms with van der Waals surface area (Å²) in [4.78, 5) is 0. The molecule has 1 unspecified atom stereocenters. The maximum Gasteiger partial charge on any atom is 0.0590 e. The van der Waals surface area contributed by atoms with E-state index in [0.29, 0.717) is 5.92 Å². The summed E-state index contributed by atoms with van der Waals surface area (Å²) in [6.45, 7) is 5.97. The van der Waals surface area contributed by atoms with Crippen molar-refractivity contribution in [2.75, 3.05) is 13.2 Å². The molecule has 90 valence electrons. The molecule has 0 aromatic rings. The van der Waals surface area contributed by atoms with Gasteiger partial charge >= 0.3 is 0 Å². The van der Waals surface area contributed by atoms with Crippen LogP contribution in [0.2, 0.25) is 0 Å². The molecule has 1 rings (SSSR count). The van der Waals surface area contributed by atoms with Crippen molar-refractivity contribution in [3.63, 3.8) is 0 Å². The van der Waals surface area contributed by atoms with Crippen LogP contribution in [0, 0.1) is 11.8 Å². The van der Waals surface area contributed by atoms with E-state index in [1.165, 1.54) is 25.7 Å². The van der Waals surface area contributed by atoms with E-state index >= 15 is 0 Å². The molecule has 0 amide bonds. The van der Waals surface area contributed by atoms with E-state index in [1.54, 1.807) is 0 Å². The molecule has 1 aliphatic carbocycles. The topological polar surface area (TPSA) is 29.5 Å². The Balaban J connectivity index is 2.08. The van der Waals surface area contributed by atoms with Crippen LogP contribution in [0.15, 0.2) is 0 Å². The molecule has 2 heteroatoms. The third kappa shape index (κ3) is 4.98. The lowest BCUT2D eigenvalue weighted by Gasteiger charge is -2.29. The minimum absolute atomic E-state index is 0.130. The molecule has 0 bridgehead atoms. The summed E-state index contributed by atoms with van der Waals surface area (Å²) in [6.07, 6.45) is 6.74. The number of hydrogen-bond donors (Lipinski definition) is 1. The largest absolute Gasteiger partial charge is 0.393 e. The lowest BCUT2D eigenvalue weighted by Crippen LogP contribution is -2.26. The van der Waals surface area contributed by atoms with E-state index in [9.17, 15) is 5.11 Å². The van der Waals surface area contributed by atoms with Crippen molar-refractivity contribution >= 4 is 0 Å². The second-order valence-electron chi connectivity index (χ2n) is 4.99. The quantitative estimate of drug-likeness (QED) is 0.689. The molecule has 0 aromatic carbocycles. The summed E-state index contributed by atoms with van der Waals surface area (Å²) in [5.74, 6) is 1.40. The van der Waals surface area contributed by atoms with Crippen molar-refractivity contribution < 1.29 is 9.84 Å². The summed E-state index contributed by atoms with van der Waals surface area (Å²) in [5, 5.41) is 9.98. The molecule has 0 saturated heterocycles. The molecule has 0 aromatic heterocycles. The zero-order valence-electron chi connectivity index (χ0n) is 10.2. The predicted molar refractivity (Wildman–Crippen MR) is 62.9 cm³/mol. The Morgan fingerprint density at radius 1 is 1.20 bits per heavy atom. The van der Waals surface area contributed by atoms with Crippen LogP contribution in [0.1, 0.15) is 52.4 Å². The van der Waals surface area contributed by atoms with E-state index in [1.807, 2.05) is 0 Å². The van der Waals surface area contributed by atoms with Crippen molar-refractivity contribution in [1.82, 2.24) is 0 Å². The highest BCUT2D eigenvalue weighted by molar-refractivity contribution is 4.75. The summed E-state index contributed by atoms with van der Waals surface area (Å²) < 4.78 is 5.41. The van der Waals surface area contributed by atoms with E-state index in [4.69, 9.17) is 4.74 Å². The Morgan fingerprint density at radius 3 is 2.47 bits per heavy atom. The van der Waals surface area contributed by atoms with E-state index in [-0.39, 0.29) is 6.10 Å². The Kier molecular flexibility index (Phi) is 6.26. The van der Waals surface area contributed by atoms with Gasteiger partial charge in [0.05, 0.1) is 6.10 Å². The number of aliphatic hydroxyl groups excluding tert-OH is 1. The van der Waals surface area contributed by atoms with Gasteiger partial charge < -0.3 is 9.84 Å². The molecule has 15 heavy (non-hydrogen) atoms. The van der Waals surface area contributed by atoms with Crippen LogP contribution in [0.5, 0.6) is 0 Å². The fraction of sp³-hybridized carbons (Fsp3) is 1.00. The van der Waals surface area contributed by atoms with Gasteiger partial charge in [-0.3, -0.25) is 0 Å².